The van der Waals surface area contributed by atoms with Crippen molar-refractivity contribution < 1.29 is 23.4 Å². The first kappa shape index (κ1) is 22.1. The first-order chi connectivity index (χ1) is 14.5. The van der Waals surface area contributed by atoms with Crippen LogP contribution in [0.2, 0.25) is 0 Å². The van der Waals surface area contributed by atoms with Crippen molar-refractivity contribution in [3.05, 3.63) is 58.3 Å². The van der Waals surface area contributed by atoms with Crippen LogP contribution in [0.1, 0.15) is 36.4 Å². The maximum absolute atomic E-state index is 12.0. The molecular weight excluding hydrogens is 402 g/mol. The molecule has 2 heterocycles. The minimum absolute atomic E-state index is 0.323. The van der Waals surface area contributed by atoms with Gasteiger partial charge in [-0.1, -0.05) is 12.1 Å². The number of hydrogen-bond acceptors (Lipinski definition) is 7. The van der Waals surface area contributed by atoms with Crippen molar-refractivity contribution in [3.63, 3.8) is 0 Å². The molecule has 1 aromatic carbocycles. The highest BCUT2D eigenvalue weighted by Gasteiger charge is 2.20. The van der Waals surface area contributed by atoms with E-state index in [-0.39, 0.29) is 5.97 Å². The summed E-state index contributed by atoms with van der Waals surface area (Å²) >= 11 is 1.61. The Morgan fingerprint density at radius 3 is 2.53 bits per heavy atom. The lowest BCUT2D eigenvalue weighted by atomic mass is 10.1. The van der Waals surface area contributed by atoms with Crippen molar-refractivity contribution in [3.8, 4) is 16.5 Å². The molecule has 0 bridgehead atoms. The predicted octanol–water partition coefficient (Wildman–Crippen LogP) is 5.11. The van der Waals surface area contributed by atoms with Gasteiger partial charge in [-0.05, 0) is 62.4 Å². The number of aryl methyl sites for hydroxylation is 2. The second kappa shape index (κ2) is 10.4. The van der Waals surface area contributed by atoms with Crippen LogP contribution < -0.4 is 4.74 Å². The Bertz CT molecular complexity index is 960. The molecule has 0 saturated carbocycles. The molecule has 0 unspecified atom stereocenters. The van der Waals surface area contributed by atoms with Gasteiger partial charge < -0.3 is 18.6 Å². The average Bonchev–Trinajstić information content (AvgIpc) is 3.32. The summed E-state index contributed by atoms with van der Waals surface area (Å²) in [5.74, 6) is 1.77. The molecule has 0 aliphatic rings. The number of rotatable bonds is 10. The summed E-state index contributed by atoms with van der Waals surface area (Å²) in [4.78, 5) is 17.7. The number of thiophene rings is 1. The number of ether oxygens (including phenoxy) is 3. The van der Waals surface area contributed by atoms with Gasteiger partial charge in [0.2, 0.25) is 5.89 Å². The molecule has 0 aliphatic heterocycles. The van der Waals surface area contributed by atoms with Gasteiger partial charge in [-0.15, -0.1) is 11.3 Å². The Morgan fingerprint density at radius 1 is 1.13 bits per heavy atom. The van der Waals surface area contributed by atoms with Gasteiger partial charge in [0.15, 0.2) is 6.10 Å². The standard InChI is InChI=1S/C23H27NO5S/c1-5-26-20(23(25)27-6-2)13-17-7-9-18(10-8-17)28-14-19-16(4)29-22(24-19)21-15(3)11-12-30-21/h7-12,20H,5-6,13-14H2,1-4H3/t20-/m0/s1. The molecule has 0 amide bonds. The summed E-state index contributed by atoms with van der Waals surface area (Å²) < 4.78 is 22.3. The Hall–Kier alpha value is -2.64. The van der Waals surface area contributed by atoms with E-state index < -0.39 is 6.10 Å². The van der Waals surface area contributed by atoms with Crippen LogP contribution in [0.4, 0.5) is 0 Å². The van der Waals surface area contributed by atoms with Crippen LogP contribution in [0.3, 0.4) is 0 Å². The van der Waals surface area contributed by atoms with Gasteiger partial charge in [0, 0.05) is 13.0 Å². The minimum atomic E-state index is -0.598. The average molecular weight is 430 g/mol. The van der Waals surface area contributed by atoms with Crippen LogP contribution in [0, 0.1) is 13.8 Å². The molecular formula is C23H27NO5S. The number of nitrogens with zero attached hydrogens (tertiary/aromatic N) is 1. The quantitative estimate of drug-likeness (QED) is 0.417. The van der Waals surface area contributed by atoms with Gasteiger partial charge in [-0.3, -0.25) is 0 Å². The molecule has 0 saturated heterocycles. The number of benzene rings is 1. The maximum Gasteiger partial charge on any atom is 0.335 e. The molecule has 0 spiro atoms. The van der Waals surface area contributed by atoms with Gasteiger partial charge in [0.1, 0.15) is 23.8 Å². The molecule has 30 heavy (non-hydrogen) atoms. The Balaban J connectivity index is 1.60. The first-order valence-corrected chi connectivity index (χ1v) is 10.9. The lowest BCUT2D eigenvalue weighted by molar-refractivity contribution is -0.156. The van der Waals surface area contributed by atoms with Crippen LogP contribution in [0.25, 0.3) is 10.8 Å². The fraction of sp³-hybridized carbons (Fsp3) is 0.391. The molecule has 1 atom stereocenters. The second-order valence-electron chi connectivity index (χ2n) is 6.79. The highest BCUT2D eigenvalue weighted by molar-refractivity contribution is 7.13. The number of hydrogen-bond donors (Lipinski definition) is 0. The summed E-state index contributed by atoms with van der Waals surface area (Å²) in [5, 5.41) is 2.03. The topological polar surface area (TPSA) is 70.8 Å². The van der Waals surface area contributed by atoms with Crippen LogP contribution in [0.15, 0.2) is 40.1 Å². The summed E-state index contributed by atoms with van der Waals surface area (Å²) in [5.41, 5.74) is 2.90. The summed E-state index contributed by atoms with van der Waals surface area (Å²) in [6, 6.07) is 9.66. The maximum atomic E-state index is 12.0. The highest BCUT2D eigenvalue weighted by atomic mass is 32.1. The third kappa shape index (κ3) is 5.49. The third-order valence-corrected chi connectivity index (χ3v) is 5.59. The molecule has 0 fully saturated rings. The van der Waals surface area contributed by atoms with E-state index in [1.165, 1.54) is 0 Å². The molecule has 0 aliphatic carbocycles. The SMILES string of the molecule is CCOC(=O)[C@H](Cc1ccc(OCc2nc(-c3sccc3C)oc2C)cc1)OCC. The number of carbonyl (C=O) groups excluding carboxylic acids is 1. The smallest absolute Gasteiger partial charge is 0.335 e. The van der Waals surface area contributed by atoms with Gasteiger partial charge in [-0.2, -0.15) is 0 Å². The number of esters is 1. The van der Waals surface area contributed by atoms with E-state index in [1.807, 2.05) is 50.4 Å². The van der Waals surface area contributed by atoms with Crippen LogP contribution in [-0.2, 0) is 27.3 Å². The number of aromatic nitrogens is 1. The largest absolute Gasteiger partial charge is 0.487 e. The summed E-state index contributed by atoms with van der Waals surface area (Å²) in [6.45, 7) is 8.70. The number of carbonyl (C=O) groups is 1. The third-order valence-electron chi connectivity index (χ3n) is 4.59. The monoisotopic (exact) mass is 429 g/mol. The molecule has 7 heteroatoms. The van der Waals surface area contributed by atoms with Gasteiger partial charge >= 0.3 is 5.97 Å². The molecule has 160 valence electrons. The van der Waals surface area contributed by atoms with E-state index in [1.54, 1.807) is 18.3 Å². The zero-order chi connectivity index (χ0) is 21.5. The van der Waals surface area contributed by atoms with Gasteiger partial charge in [0.05, 0.1) is 11.5 Å². The number of oxazole rings is 1. The van der Waals surface area contributed by atoms with Crippen molar-refractivity contribution in [2.45, 2.75) is 46.8 Å². The fourth-order valence-corrected chi connectivity index (χ4v) is 3.84. The van der Waals surface area contributed by atoms with Gasteiger partial charge in [0.25, 0.3) is 0 Å². The molecule has 0 radical (unpaired) electrons. The summed E-state index contributed by atoms with van der Waals surface area (Å²) in [6.07, 6.45) is -0.141. The van der Waals surface area contributed by atoms with E-state index in [0.717, 1.165) is 33.2 Å². The molecule has 3 aromatic rings. The normalized spacial score (nSPS) is 12.0. The van der Waals surface area contributed by atoms with Crippen molar-refractivity contribution in [1.29, 1.82) is 0 Å². The molecule has 2 aromatic heterocycles. The Morgan fingerprint density at radius 2 is 1.90 bits per heavy atom. The van der Waals surface area contributed by atoms with E-state index >= 15 is 0 Å². The van der Waals surface area contributed by atoms with E-state index in [9.17, 15) is 4.79 Å². The van der Waals surface area contributed by atoms with E-state index in [0.29, 0.717) is 32.1 Å². The molecule has 0 N–H and O–H groups in total. The van der Waals surface area contributed by atoms with Crippen LogP contribution in [-0.4, -0.2) is 30.3 Å². The minimum Gasteiger partial charge on any atom is -0.487 e. The summed E-state index contributed by atoms with van der Waals surface area (Å²) in [7, 11) is 0. The second-order valence-corrected chi connectivity index (χ2v) is 7.70. The van der Waals surface area contributed by atoms with E-state index in [4.69, 9.17) is 18.6 Å². The van der Waals surface area contributed by atoms with E-state index in [2.05, 4.69) is 11.1 Å². The first-order valence-electron chi connectivity index (χ1n) is 10.0. The predicted molar refractivity (Wildman–Crippen MR) is 116 cm³/mol. The highest BCUT2D eigenvalue weighted by Crippen LogP contribution is 2.30. The van der Waals surface area contributed by atoms with Gasteiger partial charge in [-0.25, -0.2) is 9.78 Å². The zero-order valence-corrected chi connectivity index (χ0v) is 18.6. The van der Waals surface area contributed by atoms with Crippen molar-refractivity contribution >= 4 is 17.3 Å². The fourth-order valence-electron chi connectivity index (χ4n) is 2.99. The lowest BCUT2D eigenvalue weighted by Gasteiger charge is -2.15. The van der Waals surface area contributed by atoms with Crippen LogP contribution >= 0.6 is 11.3 Å². The Kier molecular flexibility index (Phi) is 7.65. The lowest BCUT2D eigenvalue weighted by Crippen LogP contribution is -2.28. The Labute approximate surface area is 180 Å². The zero-order valence-electron chi connectivity index (χ0n) is 17.8. The van der Waals surface area contributed by atoms with Crippen LogP contribution in [0.5, 0.6) is 5.75 Å². The molecule has 6 nitrogen and oxygen atoms in total. The van der Waals surface area contributed by atoms with Crippen molar-refractivity contribution in [1.82, 2.24) is 4.98 Å². The molecule has 3 rings (SSSR count). The van der Waals surface area contributed by atoms with Crippen molar-refractivity contribution in [2.24, 2.45) is 0 Å². The van der Waals surface area contributed by atoms with Crippen molar-refractivity contribution in [2.75, 3.05) is 13.2 Å².